The number of carbonyl (C=O) groups is 2. The number of rotatable bonds is 3. The predicted molar refractivity (Wildman–Crippen MR) is 116 cm³/mol. The molecule has 4 bridgehead atoms. The van der Waals surface area contributed by atoms with Crippen LogP contribution in [0.5, 0.6) is 0 Å². The number of halogens is 1. The number of aromatic amines is 1. The third-order valence-corrected chi connectivity index (χ3v) is 8.46. The molecule has 10 heteroatoms. The first-order valence-electron chi connectivity index (χ1n) is 11.3. The van der Waals surface area contributed by atoms with Crippen molar-refractivity contribution in [1.82, 2.24) is 19.4 Å². The van der Waals surface area contributed by atoms with Crippen molar-refractivity contribution >= 4 is 34.8 Å². The lowest BCUT2D eigenvalue weighted by Gasteiger charge is -2.58. The van der Waals surface area contributed by atoms with Gasteiger partial charge in [-0.25, -0.2) is 14.6 Å². The van der Waals surface area contributed by atoms with Gasteiger partial charge in [-0.2, -0.15) is 0 Å². The minimum absolute atomic E-state index is 0.148. The summed E-state index contributed by atoms with van der Waals surface area (Å²) in [4.78, 5) is 46.5. The number of primary amides is 1. The number of amides is 2. The first-order valence-corrected chi connectivity index (χ1v) is 11.7. The number of H-pyrrole nitrogens is 1. The van der Waals surface area contributed by atoms with Crippen molar-refractivity contribution in [3.8, 4) is 0 Å². The topological polar surface area (TPSA) is 123 Å². The number of carbonyl (C=O) groups excluding carboxylic acids is 2. The van der Waals surface area contributed by atoms with E-state index >= 15 is 0 Å². The Bertz CT molecular complexity index is 1160. The predicted octanol–water partition coefficient (Wildman–Crippen LogP) is 2.44. The van der Waals surface area contributed by atoms with Crippen molar-refractivity contribution in [2.75, 3.05) is 13.1 Å². The number of fused-ring (bicyclic) bond motifs is 1. The van der Waals surface area contributed by atoms with Crippen molar-refractivity contribution < 1.29 is 14.3 Å². The number of likely N-dealkylation sites (tertiary alicyclic amines) is 1. The standard InChI is InChI=1S/C22H26ClN5O4/c23-14-5-16-18(25-9-14)28(20(30)26-16)15-1-2-27(10-15)21(31)32-17-12-3-11-4-13(17)8-22(6-11,7-12)19(24)29/h5,9,11-13,15,17H,1-4,6-8,10H2,(H2,24,29)(H,26,30)/t11?,12-,13?,15+,17?,22?/m0/s1. The monoisotopic (exact) mass is 459 g/mol. The van der Waals surface area contributed by atoms with E-state index in [2.05, 4.69) is 9.97 Å². The van der Waals surface area contributed by atoms with Crippen LogP contribution < -0.4 is 11.4 Å². The summed E-state index contributed by atoms with van der Waals surface area (Å²) < 4.78 is 7.65. The number of nitrogens with zero attached hydrogens (tertiary/aromatic N) is 3. The Hall–Kier alpha value is -2.55. The van der Waals surface area contributed by atoms with Gasteiger partial charge in [0.15, 0.2) is 5.65 Å². The minimum atomic E-state index is -0.398. The summed E-state index contributed by atoms with van der Waals surface area (Å²) in [5, 5.41) is 0.455. The van der Waals surface area contributed by atoms with E-state index in [4.69, 9.17) is 22.1 Å². The second-order valence-corrected chi connectivity index (χ2v) is 10.6. The SMILES string of the molecule is NC(=O)C12CC3CC(C1)C(OC(=O)N1CC[C@@H](n4c(=O)[nH]c5cc(Cl)cnc54)C1)[C@@H](C3)C2. The van der Waals surface area contributed by atoms with Gasteiger partial charge in [-0.3, -0.25) is 9.36 Å². The highest BCUT2D eigenvalue weighted by Gasteiger charge is 2.59. The lowest BCUT2D eigenvalue weighted by atomic mass is 9.48. The molecule has 9 nitrogen and oxygen atoms in total. The molecule has 2 aromatic heterocycles. The number of ether oxygens (including phenoxy) is 1. The van der Waals surface area contributed by atoms with Crippen molar-refractivity contribution in [2.24, 2.45) is 28.9 Å². The number of nitrogens with two attached hydrogens (primary N) is 1. The van der Waals surface area contributed by atoms with Crippen LogP contribution in [0.15, 0.2) is 17.1 Å². The summed E-state index contributed by atoms with van der Waals surface area (Å²) >= 11 is 5.99. The lowest BCUT2D eigenvalue weighted by molar-refractivity contribution is -0.161. The average molecular weight is 460 g/mol. The van der Waals surface area contributed by atoms with Crippen molar-refractivity contribution in [1.29, 1.82) is 0 Å². The van der Waals surface area contributed by atoms with Crippen LogP contribution in [0.1, 0.15) is 44.6 Å². The summed E-state index contributed by atoms with van der Waals surface area (Å²) in [7, 11) is 0. The Morgan fingerprint density at radius 3 is 2.72 bits per heavy atom. The number of imidazole rings is 1. The number of hydrogen-bond donors (Lipinski definition) is 2. The third-order valence-electron chi connectivity index (χ3n) is 8.25. The van der Waals surface area contributed by atoms with E-state index in [1.807, 2.05) is 0 Å². The van der Waals surface area contributed by atoms with Gasteiger partial charge in [0, 0.05) is 19.3 Å². The maximum atomic E-state index is 13.0. The molecule has 0 aromatic carbocycles. The zero-order valence-electron chi connectivity index (χ0n) is 17.6. The smallest absolute Gasteiger partial charge is 0.410 e. The highest BCUT2D eigenvalue weighted by molar-refractivity contribution is 6.31. The van der Waals surface area contributed by atoms with E-state index < -0.39 is 5.41 Å². The van der Waals surface area contributed by atoms with Crippen LogP contribution in [0, 0.1) is 23.2 Å². The van der Waals surface area contributed by atoms with Gasteiger partial charge in [0.2, 0.25) is 5.91 Å². The van der Waals surface area contributed by atoms with Crippen LogP contribution in [0.25, 0.3) is 11.2 Å². The minimum Gasteiger partial charge on any atom is -0.446 e. The van der Waals surface area contributed by atoms with E-state index in [1.165, 1.54) is 6.20 Å². The van der Waals surface area contributed by atoms with Gasteiger partial charge in [-0.15, -0.1) is 0 Å². The van der Waals surface area contributed by atoms with Gasteiger partial charge in [-0.05, 0) is 62.3 Å². The number of aromatic nitrogens is 3. The third kappa shape index (κ3) is 2.97. The molecule has 4 unspecified atom stereocenters. The van der Waals surface area contributed by atoms with Crippen LogP contribution in [-0.4, -0.2) is 50.6 Å². The summed E-state index contributed by atoms with van der Waals surface area (Å²) in [5.74, 6) is 0.742. The average Bonchev–Trinajstić information content (AvgIpc) is 3.33. The van der Waals surface area contributed by atoms with Gasteiger partial charge >= 0.3 is 11.8 Å². The molecule has 170 valence electrons. The molecule has 32 heavy (non-hydrogen) atoms. The number of nitrogens with one attached hydrogen (secondary N) is 1. The van der Waals surface area contributed by atoms with Crippen LogP contribution in [-0.2, 0) is 9.53 Å². The van der Waals surface area contributed by atoms with E-state index in [0.29, 0.717) is 41.6 Å². The largest absolute Gasteiger partial charge is 0.446 e. The quantitative estimate of drug-likeness (QED) is 0.729. The normalized spacial score (nSPS) is 35.5. The van der Waals surface area contributed by atoms with E-state index in [9.17, 15) is 14.4 Å². The molecule has 1 aliphatic heterocycles. The van der Waals surface area contributed by atoms with E-state index in [1.54, 1.807) is 15.5 Å². The first-order chi connectivity index (χ1) is 15.3. The molecule has 5 fully saturated rings. The molecule has 6 atom stereocenters. The summed E-state index contributed by atoms with van der Waals surface area (Å²) in [6.45, 7) is 0.915. The molecule has 3 heterocycles. The molecule has 4 saturated carbocycles. The lowest BCUT2D eigenvalue weighted by Crippen LogP contribution is -2.59. The van der Waals surface area contributed by atoms with E-state index in [0.717, 1.165) is 32.1 Å². The molecule has 7 rings (SSSR count). The number of pyridine rings is 1. The van der Waals surface area contributed by atoms with Gasteiger partial charge in [0.05, 0.1) is 22.0 Å². The zero-order chi connectivity index (χ0) is 22.2. The van der Waals surface area contributed by atoms with Gasteiger partial charge in [-0.1, -0.05) is 11.6 Å². The fraction of sp³-hybridized carbons (Fsp3) is 0.636. The Labute approximate surface area is 189 Å². The molecule has 1 saturated heterocycles. The van der Waals surface area contributed by atoms with E-state index in [-0.39, 0.29) is 41.7 Å². The van der Waals surface area contributed by atoms with Crippen molar-refractivity contribution in [3.05, 3.63) is 27.8 Å². The van der Waals surface area contributed by atoms with Gasteiger partial charge < -0.3 is 20.4 Å². The molecular weight excluding hydrogens is 434 g/mol. The fourth-order valence-electron chi connectivity index (χ4n) is 7.11. The second-order valence-electron chi connectivity index (χ2n) is 10.2. The highest BCUT2D eigenvalue weighted by atomic mass is 35.5. The molecule has 0 radical (unpaired) electrons. The Morgan fingerprint density at radius 2 is 2.00 bits per heavy atom. The van der Waals surface area contributed by atoms with Crippen LogP contribution in [0.4, 0.5) is 4.79 Å². The van der Waals surface area contributed by atoms with Crippen LogP contribution in [0.2, 0.25) is 5.02 Å². The summed E-state index contributed by atoms with van der Waals surface area (Å²) in [6, 6.07) is 1.50. The molecule has 5 aliphatic rings. The fourth-order valence-corrected chi connectivity index (χ4v) is 7.27. The van der Waals surface area contributed by atoms with Gasteiger partial charge in [0.25, 0.3) is 0 Å². The summed E-state index contributed by atoms with van der Waals surface area (Å²) in [6.07, 6.45) is 6.05. The van der Waals surface area contributed by atoms with Crippen molar-refractivity contribution in [2.45, 2.75) is 50.7 Å². The first kappa shape index (κ1) is 20.1. The van der Waals surface area contributed by atoms with Crippen LogP contribution >= 0.6 is 11.6 Å². The highest BCUT2D eigenvalue weighted by Crippen LogP contribution is 2.60. The maximum Gasteiger partial charge on any atom is 0.410 e. The molecule has 4 aliphatic carbocycles. The zero-order valence-corrected chi connectivity index (χ0v) is 18.4. The van der Waals surface area contributed by atoms with Crippen molar-refractivity contribution in [3.63, 3.8) is 0 Å². The Balaban J connectivity index is 1.16. The molecule has 0 spiro atoms. The summed E-state index contributed by atoms with van der Waals surface area (Å²) in [5.41, 5.74) is 6.23. The van der Waals surface area contributed by atoms with Gasteiger partial charge in [0.1, 0.15) is 6.10 Å². The Morgan fingerprint density at radius 1 is 1.25 bits per heavy atom. The molecule has 2 aromatic rings. The number of hydrogen-bond acceptors (Lipinski definition) is 5. The Kier molecular flexibility index (Phi) is 4.38. The maximum absolute atomic E-state index is 13.0. The molecular formula is C22H26ClN5O4. The molecule has 2 amide bonds. The molecule has 3 N–H and O–H groups in total. The second kappa shape index (κ2) is 6.97. The van der Waals surface area contributed by atoms with Crippen LogP contribution in [0.3, 0.4) is 0 Å².